The number of aromatic nitrogens is 4. The lowest BCUT2D eigenvalue weighted by Gasteiger charge is -2.19. The van der Waals surface area contributed by atoms with Crippen molar-refractivity contribution in [2.45, 2.75) is 31.1 Å². The molecule has 0 unspecified atom stereocenters. The lowest BCUT2D eigenvalue weighted by molar-refractivity contribution is -0.0508. The summed E-state index contributed by atoms with van der Waals surface area (Å²) in [5.41, 5.74) is 8.51. The zero-order chi connectivity index (χ0) is 20.5. The van der Waals surface area contributed by atoms with Crippen LogP contribution in [0.4, 0.5) is 11.9 Å². The van der Waals surface area contributed by atoms with Gasteiger partial charge in [0, 0.05) is 0 Å². The fraction of sp³-hybridized carbons (Fsp3) is 0.353. The Morgan fingerprint density at radius 2 is 2.00 bits per heavy atom. The van der Waals surface area contributed by atoms with Gasteiger partial charge in [-0.1, -0.05) is 30.3 Å². The third-order valence-corrected chi connectivity index (χ3v) is 4.59. The van der Waals surface area contributed by atoms with E-state index in [2.05, 4.69) is 20.4 Å². The van der Waals surface area contributed by atoms with Crippen molar-refractivity contribution < 1.29 is 24.9 Å². The van der Waals surface area contributed by atoms with Gasteiger partial charge in [0.1, 0.15) is 18.3 Å². The number of aliphatic hydroxyl groups is 3. The van der Waals surface area contributed by atoms with E-state index in [1.165, 1.54) is 4.57 Å². The number of nitrogens with one attached hydrogen (secondary N) is 2. The normalized spacial score (nSPS) is 24.2. The van der Waals surface area contributed by atoms with Crippen molar-refractivity contribution in [1.82, 2.24) is 19.5 Å². The van der Waals surface area contributed by atoms with Crippen LogP contribution in [0.5, 0.6) is 0 Å². The van der Waals surface area contributed by atoms with Crippen molar-refractivity contribution in [3.05, 3.63) is 46.2 Å². The molecule has 3 heterocycles. The lowest BCUT2D eigenvalue weighted by atomic mass is 10.1. The third kappa shape index (κ3) is 3.54. The van der Waals surface area contributed by atoms with E-state index < -0.39 is 36.7 Å². The third-order valence-electron chi connectivity index (χ3n) is 4.59. The van der Waals surface area contributed by atoms with E-state index in [-0.39, 0.29) is 29.7 Å². The molecule has 2 aromatic heterocycles. The van der Waals surface area contributed by atoms with Gasteiger partial charge in [-0.05, 0) is 5.56 Å². The first-order chi connectivity index (χ1) is 14.0. The van der Waals surface area contributed by atoms with Crippen molar-refractivity contribution in [2.75, 3.05) is 17.8 Å². The summed E-state index contributed by atoms with van der Waals surface area (Å²) in [7, 11) is 0. The van der Waals surface area contributed by atoms with Crippen LogP contribution in [0.25, 0.3) is 11.2 Å². The molecule has 0 spiro atoms. The zero-order valence-electron chi connectivity index (χ0n) is 15.1. The molecule has 1 saturated heterocycles. The van der Waals surface area contributed by atoms with Gasteiger partial charge in [-0.3, -0.25) is 19.2 Å². The summed E-state index contributed by atoms with van der Waals surface area (Å²) in [5, 5.41) is 29.9. The fourth-order valence-corrected chi connectivity index (χ4v) is 3.17. The molecule has 0 saturated carbocycles. The lowest BCUT2D eigenvalue weighted by Crippen LogP contribution is -2.33. The highest BCUT2D eigenvalue weighted by Crippen LogP contribution is 2.33. The first-order valence-electron chi connectivity index (χ1n) is 8.81. The molecule has 1 fully saturated rings. The number of aromatic amines is 1. The van der Waals surface area contributed by atoms with Crippen LogP contribution in [0.2, 0.25) is 0 Å². The van der Waals surface area contributed by atoms with E-state index in [0.717, 1.165) is 5.56 Å². The van der Waals surface area contributed by atoms with Gasteiger partial charge in [-0.15, -0.1) is 0 Å². The minimum atomic E-state index is -1.42. The monoisotopic (exact) mass is 404 g/mol. The van der Waals surface area contributed by atoms with Gasteiger partial charge in [0.05, 0.1) is 13.2 Å². The van der Waals surface area contributed by atoms with Crippen LogP contribution in [-0.4, -0.2) is 59.8 Å². The van der Waals surface area contributed by atoms with Crippen LogP contribution in [0.15, 0.2) is 35.1 Å². The Labute approximate surface area is 163 Å². The number of hydrogen-bond donors (Lipinski definition) is 6. The van der Waals surface area contributed by atoms with Gasteiger partial charge in [-0.25, -0.2) is 10.5 Å². The molecule has 0 bridgehead atoms. The summed E-state index contributed by atoms with van der Waals surface area (Å²) in [6.07, 6.45) is -4.98. The molecule has 3 aromatic rings. The Kier molecular flexibility index (Phi) is 5.17. The highest BCUT2D eigenvalue weighted by Gasteiger charge is 2.45. The molecule has 0 amide bonds. The maximum Gasteiger partial charge on any atom is 0.280 e. The molecule has 4 atom stereocenters. The Morgan fingerprint density at radius 1 is 1.24 bits per heavy atom. The number of aliphatic hydroxyl groups excluding tert-OH is 3. The molecular weight excluding hydrogens is 384 g/mol. The van der Waals surface area contributed by atoms with Crippen LogP contribution in [0.3, 0.4) is 0 Å². The quantitative estimate of drug-likeness (QED) is 0.275. The molecule has 0 radical (unpaired) electrons. The SMILES string of the molecule is Nc1nc2c(nc(NOCc3ccccc3)n2[C@@H]2O[C@H](CO)[C@@H](O)[C@@H]2O)c(=O)[nH]1. The van der Waals surface area contributed by atoms with Gasteiger partial charge in [0.25, 0.3) is 5.56 Å². The van der Waals surface area contributed by atoms with Crippen LogP contribution in [0.1, 0.15) is 11.8 Å². The number of nitrogens with two attached hydrogens (primary N) is 1. The number of fused-ring (bicyclic) bond motifs is 1. The maximum absolute atomic E-state index is 12.2. The molecule has 7 N–H and O–H groups in total. The number of nitrogens with zero attached hydrogens (tertiary/aromatic N) is 3. The van der Waals surface area contributed by atoms with E-state index in [4.69, 9.17) is 15.3 Å². The summed E-state index contributed by atoms with van der Waals surface area (Å²) in [5.74, 6) is -0.151. The Hall–Kier alpha value is -3.03. The summed E-state index contributed by atoms with van der Waals surface area (Å²) in [6.45, 7) is -0.323. The number of imidazole rings is 1. The van der Waals surface area contributed by atoms with Crippen molar-refractivity contribution in [3.63, 3.8) is 0 Å². The average Bonchev–Trinajstić information content (AvgIpc) is 3.20. The van der Waals surface area contributed by atoms with Gasteiger partial charge < -0.3 is 25.8 Å². The predicted molar refractivity (Wildman–Crippen MR) is 100 cm³/mol. The molecular formula is C17H20N6O6. The minimum absolute atomic E-state index is 0.00868. The van der Waals surface area contributed by atoms with Gasteiger partial charge in [-0.2, -0.15) is 4.98 Å². The molecule has 29 heavy (non-hydrogen) atoms. The van der Waals surface area contributed by atoms with Gasteiger partial charge in [0.15, 0.2) is 17.4 Å². The highest BCUT2D eigenvalue weighted by molar-refractivity contribution is 5.74. The maximum atomic E-state index is 12.2. The molecule has 1 aliphatic rings. The topological polar surface area (TPSA) is 181 Å². The molecule has 12 nitrogen and oxygen atoms in total. The standard InChI is InChI=1S/C17H20N6O6/c18-16-20-13-10(14(27)21-16)19-17(22-28-7-8-4-2-1-3-5-8)23(13)15-12(26)11(25)9(6-24)29-15/h1-5,9,11-12,15,24-26H,6-7H2,(H,19,22)(H3,18,20,21,27)/t9-,11-,12+,15-/m1/s1. The molecule has 1 aliphatic heterocycles. The molecule has 0 aliphatic carbocycles. The van der Waals surface area contributed by atoms with E-state index >= 15 is 0 Å². The number of ether oxygens (including phenoxy) is 1. The summed E-state index contributed by atoms with van der Waals surface area (Å²) < 4.78 is 6.82. The van der Waals surface area contributed by atoms with Crippen LogP contribution >= 0.6 is 0 Å². The van der Waals surface area contributed by atoms with Crippen molar-refractivity contribution in [3.8, 4) is 0 Å². The second-order valence-electron chi connectivity index (χ2n) is 6.53. The Balaban J connectivity index is 1.70. The summed E-state index contributed by atoms with van der Waals surface area (Å²) >= 11 is 0. The van der Waals surface area contributed by atoms with E-state index in [1.54, 1.807) is 0 Å². The van der Waals surface area contributed by atoms with E-state index in [1.807, 2.05) is 30.3 Å². The van der Waals surface area contributed by atoms with Crippen molar-refractivity contribution in [1.29, 1.82) is 0 Å². The highest BCUT2D eigenvalue weighted by atomic mass is 16.6. The predicted octanol–water partition coefficient (Wildman–Crippen LogP) is -1.14. The largest absolute Gasteiger partial charge is 0.394 e. The van der Waals surface area contributed by atoms with Gasteiger partial charge >= 0.3 is 0 Å². The van der Waals surface area contributed by atoms with Crippen molar-refractivity contribution in [2.24, 2.45) is 0 Å². The molecule has 4 rings (SSSR count). The average molecular weight is 404 g/mol. The van der Waals surface area contributed by atoms with E-state index in [9.17, 15) is 20.1 Å². The zero-order valence-corrected chi connectivity index (χ0v) is 15.1. The molecule has 12 heteroatoms. The van der Waals surface area contributed by atoms with Gasteiger partial charge in [0.2, 0.25) is 11.9 Å². The summed E-state index contributed by atoms with van der Waals surface area (Å²) in [4.78, 5) is 28.3. The second kappa shape index (κ2) is 7.77. The summed E-state index contributed by atoms with van der Waals surface area (Å²) in [6, 6.07) is 9.33. The Morgan fingerprint density at radius 3 is 2.69 bits per heavy atom. The number of benzene rings is 1. The first kappa shape index (κ1) is 19.3. The number of H-pyrrole nitrogens is 1. The van der Waals surface area contributed by atoms with Crippen LogP contribution in [-0.2, 0) is 16.2 Å². The molecule has 154 valence electrons. The fourth-order valence-electron chi connectivity index (χ4n) is 3.17. The second-order valence-corrected chi connectivity index (χ2v) is 6.53. The van der Waals surface area contributed by atoms with Crippen LogP contribution < -0.4 is 16.8 Å². The number of hydrogen-bond acceptors (Lipinski definition) is 10. The Bertz CT molecular complexity index is 1050. The number of anilines is 2. The van der Waals surface area contributed by atoms with E-state index in [0.29, 0.717) is 0 Å². The van der Waals surface area contributed by atoms with Crippen molar-refractivity contribution >= 4 is 23.1 Å². The first-order valence-corrected chi connectivity index (χ1v) is 8.81. The number of nitrogen functional groups attached to an aromatic ring is 1. The smallest absolute Gasteiger partial charge is 0.280 e. The number of rotatable bonds is 6. The van der Waals surface area contributed by atoms with Crippen LogP contribution in [0, 0.1) is 0 Å². The minimum Gasteiger partial charge on any atom is -0.394 e. The molecule has 1 aromatic carbocycles.